The van der Waals surface area contributed by atoms with E-state index in [0.717, 1.165) is 56.3 Å². The van der Waals surface area contributed by atoms with Gasteiger partial charge in [-0.05, 0) is 50.1 Å². The van der Waals surface area contributed by atoms with E-state index in [9.17, 15) is 5.26 Å². The van der Waals surface area contributed by atoms with Crippen LogP contribution in [0.4, 0.5) is 0 Å². The summed E-state index contributed by atoms with van der Waals surface area (Å²) in [6.45, 7) is 6.72. The first-order chi connectivity index (χ1) is 15.5. The van der Waals surface area contributed by atoms with Crippen molar-refractivity contribution in [3.05, 3.63) is 78.8 Å². The largest absolute Gasteiger partial charge is 0.264 e. The maximum atomic E-state index is 9.49. The Kier molecular flexibility index (Phi) is 4.71. The van der Waals surface area contributed by atoms with Gasteiger partial charge < -0.3 is 0 Å². The van der Waals surface area contributed by atoms with Crippen LogP contribution >= 0.6 is 0 Å². The Labute approximate surface area is 187 Å². The molecule has 0 amide bonds. The van der Waals surface area contributed by atoms with Crippen LogP contribution in [-0.2, 0) is 12.0 Å². The molecule has 0 bridgehead atoms. The fourth-order valence-corrected chi connectivity index (χ4v) is 4.16. The highest BCUT2D eigenvalue weighted by Gasteiger charge is 2.21. The third-order valence-corrected chi connectivity index (χ3v) is 6.03. The van der Waals surface area contributed by atoms with Gasteiger partial charge in [-0.3, -0.25) is 14.6 Å². The van der Waals surface area contributed by atoms with Crippen LogP contribution in [0.25, 0.3) is 44.2 Å². The summed E-state index contributed by atoms with van der Waals surface area (Å²) in [7, 11) is 0. The lowest BCUT2D eigenvalue weighted by molar-refractivity contribution is 0.674. The average Bonchev–Trinajstić information content (AvgIpc) is 3.23. The van der Waals surface area contributed by atoms with Crippen molar-refractivity contribution in [2.24, 2.45) is 0 Å². The number of benzene rings is 2. The van der Waals surface area contributed by atoms with Crippen molar-refractivity contribution in [2.75, 3.05) is 0 Å². The Morgan fingerprint density at radius 2 is 1.72 bits per heavy atom. The molecule has 5 nitrogen and oxygen atoms in total. The summed E-state index contributed by atoms with van der Waals surface area (Å²) in [5.74, 6) is 0. The van der Waals surface area contributed by atoms with E-state index in [0.29, 0.717) is 0 Å². The van der Waals surface area contributed by atoms with Crippen LogP contribution in [0.1, 0.15) is 26.3 Å². The van der Waals surface area contributed by atoms with Crippen LogP contribution in [0, 0.1) is 11.3 Å². The number of nitriles is 1. The Balaban J connectivity index is 1.76. The lowest BCUT2D eigenvalue weighted by Crippen LogP contribution is -2.13. The lowest BCUT2D eigenvalue weighted by atomic mass is 9.85. The van der Waals surface area contributed by atoms with E-state index >= 15 is 0 Å². The van der Waals surface area contributed by atoms with Crippen LogP contribution in [0.3, 0.4) is 0 Å². The smallest absolute Gasteiger partial charge is 0.112 e. The Morgan fingerprint density at radius 1 is 0.938 bits per heavy atom. The minimum absolute atomic E-state index is 0.527. The molecule has 0 aliphatic rings. The number of nitrogens with zero attached hydrogens (tertiary/aromatic N) is 5. The van der Waals surface area contributed by atoms with E-state index in [1.165, 1.54) is 0 Å². The number of pyridine rings is 2. The second-order valence-corrected chi connectivity index (χ2v) is 8.47. The number of hydrogen-bond donors (Lipinski definition) is 0. The zero-order valence-electron chi connectivity index (χ0n) is 18.4. The van der Waals surface area contributed by atoms with Crippen molar-refractivity contribution >= 4 is 21.8 Å². The monoisotopic (exact) mass is 417 g/mol. The van der Waals surface area contributed by atoms with Gasteiger partial charge in [0.05, 0.1) is 28.9 Å². The maximum Gasteiger partial charge on any atom is 0.112 e. The van der Waals surface area contributed by atoms with E-state index in [4.69, 9.17) is 5.10 Å². The SMILES string of the molecule is CCn1nc2cnc3ccc(-c4cccnc4)cc3c2c1-c1ccc(C(C)(C)C#N)cc1. The van der Waals surface area contributed by atoms with Gasteiger partial charge >= 0.3 is 0 Å². The fourth-order valence-electron chi connectivity index (χ4n) is 4.16. The number of aromatic nitrogens is 4. The molecule has 5 rings (SSSR count). The van der Waals surface area contributed by atoms with E-state index in [2.05, 4.69) is 59.4 Å². The molecule has 156 valence electrons. The summed E-state index contributed by atoms with van der Waals surface area (Å²) >= 11 is 0. The molecule has 5 aromatic rings. The molecule has 3 heterocycles. The van der Waals surface area contributed by atoms with Crippen molar-refractivity contribution in [2.45, 2.75) is 32.7 Å². The zero-order chi connectivity index (χ0) is 22.3. The van der Waals surface area contributed by atoms with Crippen molar-refractivity contribution in [3.63, 3.8) is 0 Å². The van der Waals surface area contributed by atoms with E-state index in [-0.39, 0.29) is 0 Å². The van der Waals surface area contributed by atoms with Gasteiger partial charge in [0.25, 0.3) is 0 Å². The molecule has 0 unspecified atom stereocenters. The van der Waals surface area contributed by atoms with Crippen LogP contribution in [0.5, 0.6) is 0 Å². The van der Waals surface area contributed by atoms with Gasteiger partial charge in [0, 0.05) is 40.8 Å². The summed E-state index contributed by atoms with van der Waals surface area (Å²) in [5.41, 5.74) is 6.59. The van der Waals surface area contributed by atoms with Crippen LogP contribution in [0.15, 0.2) is 73.2 Å². The van der Waals surface area contributed by atoms with E-state index in [1.807, 2.05) is 49.1 Å². The van der Waals surface area contributed by atoms with E-state index < -0.39 is 5.41 Å². The highest BCUT2D eigenvalue weighted by molar-refractivity contribution is 6.12. The van der Waals surface area contributed by atoms with Crippen molar-refractivity contribution in [1.82, 2.24) is 19.7 Å². The number of hydrogen-bond acceptors (Lipinski definition) is 4. The van der Waals surface area contributed by atoms with Crippen LogP contribution < -0.4 is 0 Å². The summed E-state index contributed by atoms with van der Waals surface area (Å²) in [6.07, 6.45) is 5.51. The predicted octanol–water partition coefficient (Wildman–Crippen LogP) is 6.13. The van der Waals surface area contributed by atoms with E-state index in [1.54, 1.807) is 6.20 Å². The summed E-state index contributed by atoms with van der Waals surface area (Å²) in [4.78, 5) is 8.92. The van der Waals surface area contributed by atoms with Gasteiger partial charge in [0.15, 0.2) is 0 Å². The molecular formula is C27H23N5. The topological polar surface area (TPSA) is 67.4 Å². The summed E-state index contributed by atoms with van der Waals surface area (Å²) in [5, 5.41) is 16.5. The molecule has 2 aromatic carbocycles. The minimum atomic E-state index is -0.527. The molecular weight excluding hydrogens is 394 g/mol. The predicted molar refractivity (Wildman–Crippen MR) is 128 cm³/mol. The molecule has 0 N–H and O–H groups in total. The highest BCUT2D eigenvalue weighted by atomic mass is 15.3. The van der Waals surface area contributed by atoms with Gasteiger partial charge in [0.2, 0.25) is 0 Å². The third-order valence-electron chi connectivity index (χ3n) is 6.03. The second kappa shape index (κ2) is 7.58. The highest BCUT2D eigenvalue weighted by Crippen LogP contribution is 2.36. The molecule has 3 aromatic heterocycles. The summed E-state index contributed by atoms with van der Waals surface area (Å²) in [6, 6.07) is 21.0. The standard InChI is InChI=1S/C27H23N5/c1-4-32-26(18-7-10-21(11-8-18)27(2,3)17-28)25-22-14-19(20-6-5-13-29-15-20)9-12-23(22)30-16-24(25)31-32/h5-16H,4H2,1-3H3. The normalized spacial score (nSPS) is 11.7. The quantitative estimate of drug-likeness (QED) is 0.352. The molecule has 0 spiro atoms. The van der Waals surface area contributed by atoms with Crippen LogP contribution in [-0.4, -0.2) is 19.7 Å². The molecule has 0 fully saturated rings. The Morgan fingerprint density at radius 3 is 2.41 bits per heavy atom. The fraction of sp³-hybridized carbons (Fsp3) is 0.185. The molecule has 0 saturated carbocycles. The minimum Gasteiger partial charge on any atom is -0.264 e. The zero-order valence-corrected chi connectivity index (χ0v) is 18.4. The van der Waals surface area contributed by atoms with Crippen LogP contribution in [0.2, 0.25) is 0 Å². The molecule has 0 saturated heterocycles. The molecule has 0 radical (unpaired) electrons. The number of fused-ring (bicyclic) bond motifs is 3. The van der Waals surface area contributed by atoms with Gasteiger partial charge in [-0.15, -0.1) is 0 Å². The maximum absolute atomic E-state index is 9.49. The first kappa shape index (κ1) is 19.9. The third kappa shape index (κ3) is 3.21. The first-order valence-electron chi connectivity index (χ1n) is 10.7. The van der Waals surface area contributed by atoms with Gasteiger partial charge in [0.1, 0.15) is 5.52 Å². The first-order valence-corrected chi connectivity index (χ1v) is 10.7. The van der Waals surface area contributed by atoms with Crippen molar-refractivity contribution < 1.29 is 0 Å². The average molecular weight is 418 g/mol. The summed E-state index contributed by atoms with van der Waals surface area (Å²) < 4.78 is 2.03. The van der Waals surface area contributed by atoms with Gasteiger partial charge in [-0.1, -0.05) is 36.4 Å². The number of rotatable bonds is 4. The Bertz CT molecular complexity index is 1470. The van der Waals surface area contributed by atoms with Gasteiger partial charge in [-0.25, -0.2) is 0 Å². The van der Waals surface area contributed by atoms with Crippen molar-refractivity contribution in [1.29, 1.82) is 5.26 Å². The molecule has 0 aliphatic carbocycles. The lowest BCUT2D eigenvalue weighted by Gasteiger charge is -2.16. The molecule has 0 atom stereocenters. The van der Waals surface area contributed by atoms with Crippen molar-refractivity contribution in [3.8, 4) is 28.5 Å². The number of aryl methyl sites for hydroxylation is 1. The van der Waals surface area contributed by atoms with Gasteiger partial charge in [-0.2, -0.15) is 10.4 Å². The second-order valence-electron chi connectivity index (χ2n) is 8.47. The molecule has 32 heavy (non-hydrogen) atoms. The molecule has 0 aliphatic heterocycles. The Hall–Kier alpha value is -4.04. The molecule has 5 heteroatoms.